The molecule has 3 aromatic rings. The van der Waals surface area contributed by atoms with Crippen LogP contribution in [0, 0.1) is 0 Å². The Balaban J connectivity index is 1.34. The van der Waals surface area contributed by atoms with Crippen LogP contribution in [0.3, 0.4) is 0 Å². The van der Waals surface area contributed by atoms with Gasteiger partial charge in [-0.3, -0.25) is 19.3 Å². The summed E-state index contributed by atoms with van der Waals surface area (Å²) in [4.78, 5) is 53.1. The zero-order valence-electron chi connectivity index (χ0n) is 21.6. The second-order valence-electron chi connectivity index (χ2n) is 9.19. The van der Waals surface area contributed by atoms with Crippen molar-refractivity contribution in [3.8, 4) is 11.5 Å². The number of aryl methyl sites for hydroxylation is 1. The van der Waals surface area contributed by atoms with Crippen molar-refractivity contribution < 1.29 is 34.5 Å². The number of hydrogen-bond acceptors (Lipinski definition) is 11. The number of aromatic nitrogens is 4. The average Bonchev–Trinajstić information content (AvgIpc) is 3.38. The number of halogens is 1. The molecule has 42 heavy (non-hydrogen) atoms. The lowest BCUT2D eigenvalue weighted by molar-refractivity contribution is -0.151. The normalized spacial score (nSPS) is 18.6. The maximum atomic E-state index is 13.5. The van der Waals surface area contributed by atoms with Gasteiger partial charge in [-0.05, 0) is 51.9 Å². The summed E-state index contributed by atoms with van der Waals surface area (Å²) in [6.45, 7) is 0. The van der Waals surface area contributed by atoms with Crippen molar-refractivity contribution in [2.45, 2.75) is 22.6 Å². The number of hydrogen-bond donors (Lipinski definition) is 5. The fraction of sp³-hybridized carbons (Fsp3) is 0.240. The number of rotatable bonds is 9. The van der Waals surface area contributed by atoms with Crippen LogP contribution in [-0.2, 0) is 21.4 Å². The Kier molecular flexibility index (Phi) is 8.29. The number of benzene rings is 2. The standard InChI is InChI=1S/C25H22ClN7O7S2/c1-32-25(29-30-31-32)42-10-12-9-41-23-18(22(38)33(23)19(12)24(39)40)28-21(37)17(11-2-5-14(34)6-3-11)27-20(36)15-8-13(26)4-7-16(15)35/h2-8,17-18,23,34-35H,9-10H2,1H3,(H,27,36)(H,28,37)(H,39,40)/t17?,18?,23-/m0/s1. The van der Waals surface area contributed by atoms with Gasteiger partial charge in [0, 0.05) is 23.6 Å². The third-order valence-corrected chi connectivity index (χ3v) is 9.14. The smallest absolute Gasteiger partial charge is 0.352 e. The maximum absolute atomic E-state index is 13.5. The molecule has 3 amide bonds. The van der Waals surface area contributed by atoms with E-state index in [0.29, 0.717) is 10.7 Å². The summed E-state index contributed by atoms with van der Waals surface area (Å²) < 4.78 is 1.45. The lowest BCUT2D eigenvalue weighted by Crippen LogP contribution is -2.71. The average molecular weight is 632 g/mol. The van der Waals surface area contributed by atoms with Crippen LogP contribution in [-0.4, -0.2) is 87.0 Å². The number of β-lactam (4-membered cyclic amide) rings is 1. The lowest BCUT2D eigenvalue weighted by atomic mass is 10.0. The van der Waals surface area contributed by atoms with Crippen LogP contribution in [0.25, 0.3) is 0 Å². The number of thioether (sulfide) groups is 2. The predicted molar refractivity (Wildman–Crippen MR) is 151 cm³/mol. The third kappa shape index (κ3) is 5.73. The van der Waals surface area contributed by atoms with Crippen molar-refractivity contribution in [1.29, 1.82) is 0 Å². The van der Waals surface area contributed by atoms with Gasteiger partial charge in [0.2, 0.25) is 11.1 Å². The minimum Gasteiger partial charge on any atom is -0.508 e. The number of aliphatic carboxylic acids is 1. The zero-order chi connectivity index (χ0) is 30.1. The number of nitrogens with one attached hydrogen (secondary N) is 2. The van der Waals surface area contributed by atoms with E-state index in [9.17, 15) is 34.5 Å². The van der Waals surface area contributed by atoms with E-state index in [4.69, 9.17) is 11.6 Å². The SMILES string of the molecule is Cn1nnnc1SCC1=C(C(=O)O)N2C(=O)C(NC(=O)C(NC(=O)c3cc(Cl)ccc3O)c3ccc(O)cc3)[C@@H]2SC1. The van der Waals surface area contributed by atoms with E-state index in [2.05, 4.69) is 26.2 Å². The Morgan fingerprint density at radius 2 is 1.93 bits per heavy atom. The molecular weight excluding hydrogens is 610 g/mol. The first-order valence-corrected chi connectivity index (χ1v) is 14.6. The van der Waals surface area contributed by atoms with Gasteiger partial charge in [0.25, 0.3) is 11.8 Å². The van der Waals surface area contributed by atoms with E-state index >= 15 is 0 Å². The molecule has 2 unspecified atom stereocenters. The van der Waals surface area contributed by atoms with Gasteiger partial charge < -0.3 is 26.0 Å². The predicted octanol–water partition coefficient (Wildman–Crippen LogP) is 1.28. The van der Waals surface area contributed by atoms with Gasteiger partial charge in [0.1, 0.15) is 34.7 Å². The fourth-order valence-corrected chi connectivity index (χ4v) is 6.90. The van der Waals surface area contributed by atoms with E-state index in [1.54, 1.807) is 7.05 Å². The number of carbonyl (C=O) groups excluding carboxylic acids is 3. The topological polar surface area (TPSA) is 200 Å². The molecule has 2 aromatic carbocycles. The van der Waals surface area contributed by atoms with Crippen LogP contribution >= 0.6 is 35.1 Å². The molecule has 5 rings (SSSR count). The largest absolute Gasteiger partial charge is 0.508 e. The van der Waals surface area contributed by atoms with Crippen LogP contribution in [0.1, 0.15) is 22.0 Å². The summed E-state index contributed by atoms with van der Waals surface area (Å²) in [7, 11) is 1.65. The highest BCUT2D eigenvalue weighted by atomic mass is 35.5. The fourth-order valence-electron chi connectivity index (χ4n) is 4.39. The number of carboxylic acid groups (broad SMARTS) is 1. The zero-order valence-corrected chi connectivity index (χ0v) is 24.0. The molecule has 3 heterocycles. The number of tetrazole rings is 1. The number of phenols is 2. The van der Waals surface area contributed by atoms with Gasteiger partial charge in [0.05, 0.1) is 5.56 Å². The molecule has 3 atom stereocenters. The monoisotopic (exact) mass is 631 g/mol. The highest BCUT2D eigenvalue weighted by Crippen LogP contribution is 2.41. The highest BCUT2D eigenvalue weighted by Gasteiger charge is 2.54. The summed E-state index contributed by atoms with van der Waals surface area (Å²) in [6, 6.07) is 6.95. The minimum atomic E-state index is -1.34. The Labute approximate surface area is 251 Å². The number of nitrogens with zero attached hydrogens (tertiary/aromatic N) is 5. The van der Waals surface area contributed by atoms with Gasteiger partial charge in [-0.1, -0.05) is 35.5 Å². The number of carboxylic acids is 1. The summed E-state index contributed by atoms with van der Waals surface area (Å²) in [5.41, 5.74) is 0.456. The quantitative estimate of drug-likeness (QED) is 0.168. The first-order chi connectivity index (χ1) is 20.0. The van der Waals surface area contributed by atoms with Gasteiger partial charge in [0.15, 0.2) is 0 Å². The van der Waals surface area contributed by atoms with E-state index < -0.39 is 41.1 Å². The molecule has 1 aromatic heterocycles. The number of fused-ring (bicyclic) bond motifs is 1. The van der Waals surface area contributed by atoms with Crippen LogP contribution < -0.4 is 10.6 Å². The van der Waals surface area contributed by atoms with E-state index in [1.807, 2.05) is 0 Å². The molecule has 1 fully saturated rings. The van der Waals surface area contributed by atoms with E-state index in [-0.39, 0.29) is 44.9 Å². The Bertz CT molecular complexity index is 1610. The third-order valence-electron chi connectivity index (χ3n) is 6.47. The Morgan fingerprint density at radius 3 is 2.60 bits per heavy atom. The van der Waals surface area contributed by atoms with Crippen LogP contribution in [0.5, 0.6) is 11.5 Å². The van der Waals surface area contributed by atoms with Crippen molar-refractivity contribution in [1.82, 2.24) is 35.7 Å². The lowest BCUT2D eigenvalue weighted by Gasteiger charge is -2.49. The van der Waals surface area contributed by atoms with Crippen molar-refractivity contribution in [3.05, 3.63) is 69.9 Å². The number of phenolic OH excluding ortho intramolecular Hbond substituents is 2. The van der Waals surface area contributed by atoms with Crippen LogP contribution in [0.2, 0.25) is 5.02 Å². The number of aromatic hydroxyl groups is 2. The van der Waals surface area contributed by atoms with E-state index in [0.717, 1.165) is 4.90 Å². The highest BCUT2D eigenvalue weighted by molar-refractivity contribution is 8.01. The number of carbonyl (C=O) groups is 4. The molecule has 5 N–H and O–H groups in total. The molecule has 0 saturated carbocycles. The molecular formula is C25H22ClN7O7S2. The second kappa shape index (κ2) is 11.9. The minimum absolute atomic E-state index is 0.0717. The molecule has 0 aliphatic carbocycles. The molecule has 0 bridgehead atoms. The summed E-state index contributed by atoms with van der Waals surface area (Å²) in [5, 5.41) is 46.1. The molecule has 0 spiro atoms. The van der Waals surface area contributed by atoms with Crippen LogP contribution in [0.15, 0.2) is 58.9 Å². The first kappa shape index (κ1) is 29.2. The molecule has 17 heteroatoms. The van der Waals surface area contributed by atoms with Gasteiger partial charge in [-0.15, -0.1) is 16.9 Å². The summed E-state index contributed by atoms with van der Waals surface area (Å²) >= 11 is 8.49. The van der Waals surface area contributed by atoms with E-state index in [1.165, 1.54) is 70.7 Å². The summed E-state index contributed by atoms with van der Waals surface area (Å²) in [6.07, 6.45) is 0. The first-order valence-electron chi connectivity index (χ1n) is 12.2. The number of amides is 3. The second-order valence-corrected chi connectivity index (χ2v) is 11.7. The Morgan fingerprint density at radius 1 is 1.19 bits per heavy atom. The van der Waals surface area contributed by atoms with Crippen molar-refractivity contribution in [2.75, 3.05) is 11.5 Å². The molecule has 1 saturated heterocycles. The van der Waals surface area contributed by atoms with Gasteiger partial charge in [-0.25, -0.2) is 9.48 Å². The van der Waals surface area contributed by atoms with Crippen LogP contribution in [0.4, 0.5) is 0 Å². The summed E-state index contributed by atoms with van der Waals surface area (Å²) in [5.74, 6) is -3.38. The Hall–Kier alpha value is -4.28. The van der Waals surface area contributed by atoms with Gasteiger partial charge >= 0.3 is 5.97 Å². The van der Waals surface area contributed by atoms with Crippen molar-refractivity contribution in [3.63, 3.8) is 0 Å². The molecule has 2 aliphatic heterocycles. The molecule has 14 nitrogen and oxygen atoms in total. The molecule has 0 radical (unpaired) electrons. The van der Waals surface area contributed by atoms with Crippen molar-refractivity contribution in [2.24, 2.45) is 7.05 Å². The van der Waals surface area contributed by atoms with Crippen molar-refractivity contribution >= 4 is 58.8 Å². The molecule has 2 aliphatic rings. The van der Waals surface area contributed by atoms with Gasteiger partial charge in [-0.2, -0.15) is 0 Å². The molecule has 218 valence electrons. The maximum Gasteiger partial charge on any atom is 0.352 e.